The molecule has 1 aliphatic heterocycles. The minimum Gasteiger partial charge on any atom is -0.493 e. The lowest BCUT2D eigenvalue weighted by molar-refractivity contribution is -0.120. The van der Waals surface area contributed by atoms with Crippen molar-refractivity contribution >= 4 is 11.8 Å². The number of nitrogens with zero attached hydrogens (tertiary/aromatic N) is 1. The average molecular weight is 336 g/mol. The van der Waals surface area contributed by atoms with Crippen LogP contribution in [0.5, 0.6) is 17.2 Å². The van der Waals surface area contributed by atoms with E-state index in [2.05, 4.69) is 6.92 Å². The average Bonchev–Trinajstić information content (AvgIpc) is 2.58. The highest BCUT2D eigenvalue weighted by atomic mass is 16.5. The van der Waals surface area contributed by atoms with Gasteiger partial charge in [0.25, 0.3) is 11.8 Å². The van der Waals surface area contributed by atoms with E-state index in [-0.39, 0.29) is 24.3 Å². The first-order valence-corrected chi connectivity index (χ1v) is 7.96. The summed E-state index contributed by atoms with van der Waals surface area (Å²) >= 11 is 0. The lowest BCUT2D eigenvalue weighted by Gasteiger charge is -2.33. The first-order chi connectivity index (χ1) is 11.5. The normalized spacial score (nSPS) is 17.3. The number of carbonyl (C=O) groups excluding carboxylic acids is 2. The molecule has 1 aromatic carbocycles. The van der Waals surface area contributed by atoms with Crippen molar-refractivity contribution in [3.8, 4) is 17.2 Å². The van der Waals surface area contributed by atoms with Crippen molar-refractivity contribution in [3.63, 3.8) is 0 Å². The molecule has 1 saturated heterocycles. The fourth-order valence-corrected chi connectivity index (χ4v) is 2.85. The van der Waals surface area contributed by atoms with E-state index in [4.69, 9.17) is 19.9 Å². The monoisotopic (exact) mass is 336 g/mol. The summed E-state index contributed by atoms with van der Waals surface area (Å²) in [4.78, 5) is 25.6. The van der Waals surface area contributed by atoms with Crippen LogP contribution in [0.25, 0.3) is 0 Å². The van der Waals surface area contributed by atoms with Crippen molar-refractivity contribution in [2.75, 3.05) is 27.4 Å². The molecule has 0 aromatic heterocycles. The molecule has 0 aliphatic carbocycles. The van der Waals surface area contributed by atoms with Crippen molar-refractivity contribution in [3.05, 3.63) is 17.7 Å². The van der Waals surface area contributed by atoms with E-state index in [1.165, 1.54) is 14.2 Å². The number of methoxy groups -OCH3 is 2. The molecule has 0 spiro atoms. The number of likely N-dealkylation sites (tertiary alicyclic amines) is 1. The van der Waals surface area contributed by atoms with Gasteiger partial charge in [-0.05, 0) is 38.3 Å². The van der Waals surface area contributed by atoms with Gasteiger partial charge < -0.3 is 24.8 Å². The fraction of sp³-hybridized carbons (Fsp3) is 0.529. The van der Waals surface area contributed by atoms with Crippen molar-refractivity contribution in [2.45, 2.75) is 32.2 Å². The Bertz CT molecular complexity index is 592. The zero-order chi connectivity index (χ0) is 17.7. The number of benzene rings is 1. The highest BCUT2D eigenvalue weighted by Gasteiger charge is 2.26. The molecular weight excluding hydrogens is 312 g/mol. The topological polar surface area (TPSA) is 91.1 Å². The van der Waals surface area contributed by atoms with Crippen LogP contribution in [0.15, 0.2) is 12.1 Å². The first-order valence-electron chi connectivity index (χ1n) is 7.96. The molecule has 1 aliphatic rings. The van der Waals surface area contributed by atoms with Gasteiger partial charge in [-0.25, -0.2) is 0 Å². The van der Waals surface area contributed by atoms with E-state index in [1.807, 2.05) is 4.90 Å². The van der Waals surface area contributed by atoms with Gasteiger partial charge in [-0.3, -0.25) is 9.59 Å². The summed E-state index contributed by atoms with van der Waals surface area (Å²) in [6.45, 7) is 2.49. The van der Waals surface area contributed by atoms with Crippen LogP contribution in [0.2, 0.25) is 0 Å². The summed E-state index contributed by atoms with van der Waals surface area (Å²) < 4.78 is 16.0. The summed E-state index contributed by atoms with van der Waals surface area (Å²) in [5.74, 6) is 0.218. The minimum atomic E-state index is -0.610. The second-order valence-corrected chi connectivity index (χ2v) is 5.81. The van der Waals surface area contributed by atoms with Crippen LogP contribution >= 0.6 is 0 Å². The molecule has 1 heterocycles. The number of hydrogen-bond acceptors (Lipinski definition) is 5. The first kappa shape index (κ1) is 17.9. The number of rotatable bonds is 6. The Kier molecular flexibility index (Phi) is 5.89. The predicted molar refractivity (Wildman–Crippen MR) is 88.6 cm³/mol. The maximum Gasteiger partial charge on any atom is 0.255 e. The Morgan fingerprint density at radius 3 is 2.33 bits per heavy atom. The number of amides is 2. The Morgan fingerprint density at radius 2 is 1.83 bits per heavy atom. The van der Waals surface area contributed by atoms with Crippen molar-refractivity contribution < 1.29 is 23.8 Å². The molecule has 0 bridgehead atoms. The predicted octanol–water partition coefficient (Wildman–Crippen LogP) is 1.58. The van der Waals surface area contributed by atoms with Gasteiger partial charge in [-0.1, -0.05) is 0 Å². The molecule has 7 nitrogen and oxygen atoms in total. The largest absolute Gasteiger partial charge is 0.493 e. The molecule has 2 N–H and O–H groups in total. The number of primary amides is 1. The zero-order valence-corrected chi connectivity index (χ0v) is 14.3. The maximum absolute atomic E-state index is 12.8. The molecule has 2 amide bonds. The van der Waals surface area contributed by atoms with E-state index in [0.717, 1.165) is 25.8 Å². The Morgan fingerprint density at radius 1 is 1.21 bits per heavy atom. The standard InChI is InChI=1S/C17H24N2O5/c1-11-6-4-5-7-19(11)17(21)12-8-13(22-2)16(14(9-12)23-3)24-10-15(18)20/h8-9,11H,4-7,10H2,1-3H3,(H2,18,20). The van der Waals surface area contributed by atoms with E-state index in [0.29, 0.717) is 17.1 Å². The van der Waals surface area contributed by atoms with Crippen molar-refractivity contribution in [1.82, 2.24) is 4.90 Å². The summed E-state index contributed by atoms with van der Waals surface area (Å²) in [6, 6.07) is 3.40. The smallest absolute Gasteiger partial charge is 0.255 e. The number of carbonyl (C=O) groups is 2. The van der Waals surface area contributed by atoms with E-state index in [1.54, 1.807) is 12.1 Å². The third-order valence-corrected chi connectivity index (χ3v) is 4.13. The lowest BCUT2D eigenvalue weighted by Crippen LogP contribution is -2.42. The molecule has 0 saturated carbocycles. The zero-order valence-electron chi connectivity index (χ0n) is 14.3. The molecule has 0 radical (unpaired) electrons. The SMILES string of the molecule is COc1cc(C(=O)N2CCCCC2C)cc(OC)c1OCC(N)=O. The van der Waals surface area contributed by atoms with Crippen LogP contribution in [-0.4, -0.2) is 50.1 Å². The van der Waals surface area contributed by atoms with E-state index in [9.17, 15) is 9.59 Å². The Labute approximate surface area is 141 Å². The molecule has 1 unspecified atom stereocenters. The van der Waals surface area contributed by atoms with Crippen LogP contribution in [0, 0.1) is 0 Å². The van der Waals surface area contributed by atoms with Gasteiger partial charge in [0.2, 0.25) is 5.75 Å². The van der Waals surface area contributed by atoms with E-state index < -0.39 is 5.91 Å². The Hall–Kier alpha value is -2.44. The number of ether oxygens (including phenoxy) is 3. The van der Waals surface area contributed by atoms with Gasteiger partial charge in [0.05, 0.1) is 14.2 Å². The summed E-state index contributed by atoms with van der Waals surface area (Å²) in [6.07, 6.45) is 3.14. The highest BCUT2D eigenvalue weighted by molar-refractivity contribution is 5.96. The molecule has 2 rings (SSSR count). The van der Waals surface area contributed by atoms with Crippen LogP contribution in [-0.2, 0) is 4.79 Å². The van der Waals surface area contributed by atoms with Crippen LogP contribution < -0.4 is 19.9 Å². The molecular formula is C17H24N2O5. The third kappa shape index (κ3) is 3.90. The number of nitrogens with two attached hydrogens (primary N) is 1. The van der Waals surface area contributed by atoms with Gasteiger partial charge in [0, 0.05) is 18.2 Å². The summed E-state index contributed by atoms with van der Waals surface area (Å²) in [5.41, 5.74) is 5.57. The second kappa shape index (κ2) is 7.90. The van der Waals surface area contributed by atoms with Gasteiger partial charge in [-0.15, -0.1) is 0 Å². The number of hydrogen-bond donors (Lipinski definition) is 1. The quantitative estimate of drug-likeness (QED) is 0.852. The second-order valence-electron chi connectivity index (χ2n) is 5.81. The third-order valence-electron chi connectivity index (χ3n) is 4.13. The molecule has 1 atom stereocenters. The van der Waals surface area contributed by atoms with Crippen LogP contribution in [0.4, 0.5) is 0 Å². The molecule has 24 heavy (non-hydrogen) atoms. The van der Waals surface area contributed by atoms with Crippen molar-refractivity contribution in [2.24, 2.45) is 5.73 Å². The van der Waals surface area contributed by atoms with Crippen LogP contribution in [0.1, 0.15) is 36.5 Å². The molecule has 132 valence electrons. The summed E-state index contributed by atoms with van der Waals surface area (Å²) in [7, 11) is 2.92. The maximum atomic E-state index is 12.8. The summed E-state index contributed by atoms with van der Waals surface area (Å²) in [5, 5.41) is 0. The highest BCUT2D eigenvalue weighted by Crippen LogP contribution is 2.39. The minimum absolute atomic E-state index is 0.0692. The van der Waals surface area contributed by atoms with Gasteiger partial charge in [0.15, 0.2) is 18.1 Å². The van der Waals surface area contributed by atoms with E-state index >= 15 is 0 Å². The lowest BCUT2D eigenvalue weighted by atomic mass is 10.0. The fourth-order valence-electron chi connectivity index (χ4n) is 2.85. The van der Waals surface area contributed by atoms with Gasteiger partial charge in [-0.2, -0.15) is 0 Å². The van der Waals surface area contributed by atoms with Crippen molar-refractivity contribution in [1.29, 1.82) is 0 Å². The number of piperidine rings is 1. The van der Waals surface area contributed by atoms with Gasteiger partial charge >= 0.3 is 0 Å². The van der Waals surface area contributed by atoms with Gasteiger partial charge in [0.1, 0.15) is 0 Å². The molecule has 7 heteroatoms. The molecule has 1 fully saturated rings. The Balaban J connectivity index is 2.33. The molecule has 1 aromatic rings. The van der Waals surface area contributed by atoms with Crippen LogP contribution in [0.3, 0.4) is 0 Å².